The Morgan fingerprint density at radius 2 is 1.04 bits per heavy atom. The fourth-order valence-corrected chi connectivity index (χ4v) is 4.43. The highest BCUT2D eigenvalue weighted by Crippen LogP contribution is 2.50. The fourth-order valence-electron chi connectivity index (χ4n) is 4.43. The van der Waals surface area contributed by atoms with Crippen LogP contribution in [0.15, 0.2) is 0 Å². The summed E-state index contributed by atoms with van der Waals surface area (Å²) in [6.07, 6.45) is 1.54. The van der Waals surface area contributed by atoms with Crippen molar-refractivity contribution in [1.82, 2.24) is 10.1 Å². The van der Waals surface area contributed by atoms with Gasteiger partial charge in [-0.15, -0.1) is 0 Å². The van der Waals surface area contributed by atoms with Crippen molar-refractivity contribution in [3.63, 3.8) is 0 Å². The van der Waals surface area contributed by atoms with Crippen LogP contribution < -0.4 is 0 Å². The Balaban J connectivity index is 2.37. The molecule has 0 N–H and O–H groups in total. The molecule has 2 fully saturated rings. The van der Waals surface area contributed by atoms with Crippen LogP contribution >= 0.6 is 0 Å². The molecule has 0 aromatic carbocycles. The molecule has 2 unspecified atom stereocenters. The first kappa shape index (κ1) is 18.2. The van der Waals surface area contributed by atoms with Gasteiger partial charge in [-0.3, -0.25) is 0 Å². The molecule has 0 saturated carbocycles. The Kier molecular flexibility index (Phi) is 4.10. The molecule has 128 valence electrons. The molecule has 0 aliphatic carbocycles. The van der Waals surface area contributed by atoms with Crippen LogP contribution in [0, 0.1) is 34.5 Å². The van der Waals surface area contributed by atoms with Gasteiger partial charge >= 0.3 is 0 Å². The summed E-state index contributed by atoms with van der Waals surface area (Å²) in [5.41, 5.74) is -1.23. The van der Waals surface area contributed by atoms with Crippen molar-refractivity contribution in [1.29, 1.82) is 10.5 Å². The molecule has 2 saturated heterocycles. The SMILES string of the molecule is CC1(C)CC(C#N)C(C)(C)N1ON1C(C)(C)CC(C#N)C1(C)C. The van der Waals surface area contributed by atoms with Crippen LogP contribution in [0.25, 0.3) is 0 Å². The summed E-state index contributed by atoms with van der Waals surface area (Å²) in [7, 11) is 0. The van der Waals surface area contributed by atoms with E-state index in [0.29, 0.717) is 0 Å². The second kappa shape index (κ2) is 5.18. The highest BCUT2D eigenvalue weighted by atomic mass is 16.8. The van der Waals surface area contributed by atoms with Gasteiger partial charge in [0.2, 0.25) is 0 Å². The van der Waals surface area contributed by atoms with Gasteiger partial charge in [-0.1, -0.05) is 0 Å². The summed E-state index contributed by atoms with van der Waals surface area (Å²) in [4.78, 5) is 6.46. The second-order valence-corrected chi connectivity index (χ2v) is 9.37. The second-order valence-electron chi connectivity index (χ2n) is 9.37. The minimum Gasteiger partial charge on any atom is -0.206 e. The van der Waals surface area contributed by atoms with E-state index in [1.165, 1.54) is 0 Å². The minimum absolute atomic E-state index is 0.0851. The van der Waals surface area contributed by atoms with Gasteiger partial charge < -0.3 is 0 Å². The molecule has 0 aromatic heterocycles. The van der Waals surface area contributed by atoms with Crippen molar-refractivity contribution < 1.29 is 4.94 Å². The fraction of sp³-hybridized carbons (Fsp3) is 0.889. The number of hydroxylamine groups is 4. The molecule has 2 aliphatic rings. The lowest BCUT2D eigenvalue weighted by Crippen LogP contribution is -2.59. The molecule has 5 heteroatoms. The van der Waals surface area contributed by atoms with Gasteiger partial charge in [-0.2, -0.15) is 20.7 Å². The van der Waals surface area contributed by atoms with E-state index in [1.807, 2.05) is 10.1 Å². The van der Waals surface area contributed by atoms with Gasteiger partial charge in [0.15, 0.2) is 0 Å². The van der Waals surface area contributed by atoms with Crippen molar-refractivity contribution in [2.45, 2.75) is 90.4 Å². The molecule has 0 bridgehead atoms. The van der Waals surface area contributed by atoms with Gasteiger partial charge in [0, 0.05) is 11.1 Å². The molecule has 0 spiro atoms. The van der Waals surface area contributed by atoms with E-state index in [2.05, 4.69) is 67.5 Å². The molecule has 2 aliphatic heterocycles. The maximum Gasteiger partial charge on any atom is 0.0684 e. The van der Waals surface area contributed by atoms with E-state index >= 15 is 0 Å². The third-order valence-corrected chi connectivity index (χ3v) is 5.73. The van der Waals surface area contributed by atoms with Crippen LogP contribution in [0.2, 0.25) is 0 Å². The Morgan fingerprint density at radius 1 is 0.739 bits per heavy atom. The Bertz CT molecular complexity index is 515. The minimum atomic E-state index is -0.380. The zero-order chi connectivity index (χ0) is 17.8. The summed E-state index contributed by atoms with van der Waals surface area (Å²) in [6, 6.07) is 4.87. The summed E-state index contributed by atoms with van der Waals surface area (Å²) >= 11 is 0. The first-order valence-corrected chi connectivity index (χ1v) is 8.39. The molecule has 0 aromatic rings. The van der Waals surface area contributed by atoms with Crippen LogP contribution in [0.3, 0.4) is 0 Å². The van der Waals surface area contributed by atoms with E-state index in [0.717, 1.165) is 12.8 Å². The normalized spacial score (nSPS) is 34.9. The third-order valence-electron chi connectivity index (χ3n) is 5.73. The largest absolute Gasteiger partial charge is 0.206 e. The predicted octanol–water partition coefficient (Wildman–Crippen LogP) is 3.64. The zero-order valence-corrected chi connectivity index (χ0v) is 15.8. The Hall–Kier alpha value is -1.14. The lowest BCUT2D eigenvalue weighted by atomic mass is 9.88. The van der Waals surface area contributed by atoms with Crippen LogP contribution in [0.1, 0.15) is 68.2 Å². The molecule has 23 heavy (non-hydrogen) atoms. The quantitative estimate of drug-likeness (QED) is 0.778. The highest BCUT2D eigenvalue weighted by molar-refractivity contribution is 5.12. The smallest absolute Gasteiger partial charge is 0.0684 e. The summed E-state index contributed by atoms with van der Waals surface area (Å²) in [6.45, 7) is 16.7. The van der Waals surface area contributed by atoms with Gasteiger partial charge in [0.25, 0.3) is 0 Å². The monoisotopic (exact) mass is 318 g/mol. The molecule has 2 atom stereocenters. The number of hydrogen-bond acceptors (Lipinski definition) is 5. The van der Waals surface area contributed by atoms with Crippen LogP contribution in [-0.4, -0.2) is 32.3 Å². The Labute approximate surface area is 140 Å². The van der Waals surface area contributed by atoms with Crippen molar-refractivity contribution in [2.24, 2.45) is 11.8 Å². The predicted molar refractivity (Wildman–Crippen MR) is 88.5 cm³/mol. The molecule has 0 radical (unpaired) electrons. The number of nitrogens with zero attached hydrogens (tertiary/aromatic N) is 4. The van der Waals surface area contributed by atoms with E-state index < -0.39 is 0 Å². The number of rotatable bonds is 2. The van der Waals surface area contributed by atoms with E-state index in [9.17, 15) is 10.5 Å². The maximum atomic E-state index is 9.51. The molecule has 0 amide bonds. The summed E-state index contributed by atoms with van der Waals surface area (Å²) in [5, 5.41) is 23.0. The van der Waals surface area contributed by atoms with Crippen molar-refractivity contribution >= 4 is 0 Å². The van der Waals surface area contributed by atoms with Crippen LogP contribution in [0.4, 0.5) is 0 Å². The average Bonchev–Trinajstić information content (AvgIpc) is 2.69. The van der Waals surface area contributed by atoms with Crippen molar-refractivity contribution in [2.75, 3.05) is 0 Å². The van der Waals surface area contributed by atoms with Crippen molar-refractivity contribution in [3.05, 3.63) is 0 Å². The van der Waals surface area contributed by atoms with Gasteiger partial charge in [-0.25, -0.2) is 4.94 Å². The topological polar surface area (TPSA) is 63.3 Å². The van der Waals surface area contributed by atoms with Gasteiger partial charge in [0.05, 0.1) is 35.1 Å². The number of nitriles is 2. The first-order chi connectivity index (χ1) is 10.3. The lowest BCUT2D eigenvalue weighted by Gasteiger charge is -2.47. The van der Waals surface area contributed by atoms with Crippen LogP contribution in [0.5, 0.6) is 0 Å². The van der Waals surface area contributed by atoms with E-state index in [1.54, 1.807) is 0 Å². The maximum absolute atomic E-state index is 9.51. The molecule has 2 rings (SSSR count). The van der Waals surface area contributed by atoms with E-state index in [-0.39, 0.29) is 34.0 Å². The first-order valence-electron chi connectivity index (χ1n) is 8.39. The number of hydrogen-bond donors (Lipinski definition) is 0. The Morgan fingerprint density at radius 3 is 1.26 bits per heavy atom. The van der Waals surface area contributed by atoms with Crippen LogP contribution in [-0.2, 0) is 4.94 Å². The van der Waals surface area contributed by atoms with Gasteiger partial charge in [-0.05, 0) is 68.2 Å². The highest BCUT2D eigenvalue weighted by Gasteiger charge is 2.59. The van der Waals surface area contributed by atoms with Crippen molar-refractivity contribution in [3.8, 4) is 12.1 Å². The average molecular weight is 318 g/mol. The van der Waals surface area contributed by atoms with Gasteiger partial charge in [0.1, 0.15) is 0 Å². The molecule has 2 heterocycles. The molecular formula is C18H30N4O. The summed E-state index contributed by atoms with van der Waals surface area (Å²) in [5.74, 6) is -0.170. The molecular weight excluding hydrogens is 288 g/mol. The lowest BCUT2D eigenvalue weighted by molar-refractivity contribution is -0.410. The third kappa shape index (κ3) is 2.66. The standard InChI is InChI=1S/C18H30N4O/c1-15(2)9-13(11-19)17(5,6)21(15)23-22-16(3,4)10-14(12-20)18(22,7)8/h13-14H,9-10H2,1-8H3. The van der Waals surface area contributed by atoms with E-state index in [4.69, 9.17) is 4.94 Å². The summed E-state index contributed by atoms with van der Waals surface area (Å²) < 4.78 is 0. The zero-order valence-electron chi connectivity index (χ0n) is 15.8. The molecule has 5 nitrogen and oxygen atoms in total.